The van der Waals surface area contributed by atoms with Crippen LogP contribution < -0.4 is 0 Å². The number of phenols is 1. The van der Waals surface area contributed by atoms with Gasteiger partial charge in [0.05, 0.1) is 12.1 Å². The van der Waals surface area contributed by atoms with Crippen molar-refractivity contribution >= 4 is 5.91 Å². The average molecular weight is 382 g/mol. The largest absolute Gasteiger partial charge is 0.508 e. The van der Waals surface area contributed by atoms with Crippen LogP contribution in [-0.4, -0.2) is 52.5 Å². The van der Waals surface area contributed by atoms with Crippen LogP contribution in [0.15, 0.2) is 18.2 Å². The number of piperidine rings is 1. The van der Waals surface area contributed by atoms with Crippen LogP contribution in [0.1, 0.15) is 57.6 Å². The molecule has 0 saturated carbocycles. The minimum Gasteiger partial charge on any atom is -0.508 e. The maximum atomic E-state index is 13.6. The van der Waals surface area contributed by atoms with Crippen molar-refractivity contribution in [2.45, 2.75) is 70.4 Å². The molecule has 0 aromatic heterocycles. The molecule has 2 fully saturated rings. The van der Waals surface area contributed by atoms with Gasteiger partial charge in [-0.15, -0.1) is 0 Å². The van der Waals surface area contributed by atoms with Crippen molar-refractivity contribution in [3.8, 4) is 11.8 Å². The van der Waals surface area contributed by atoms with Crippen molar-refractivity contribution in [1.82, 2.24) is 9.80 Å². The number of benzene rings is 1. The molecule has 1 unspecified atom stereocenters. The fourth-order valence-electron chi connectivity index (χ4n) is 5.95. The maximum Gasteiger partial charge on any atom is 0.240 e. The van der Waals surface area contributed by atoms with Crippen LogP contribution in [0.3, 0.4) is 0 Å². The van der Waals surface area contributed by atoms with Crippen molar-refractivity contribution in [2.24, 2.45) is 5.41 Å². The zero-order valence-electron chi connectivity index (χ0n) is 17.2. The molecule has 1 aliphatic carbocycles. The van der Waals surface area contributed by atoms with E-state index in [1.807, 2.05) is 6.07 Å². The number of hydrogen-bond donors (Lipinski definition) is 1. The van der Waals surface area contributed by atoms with E-state index in [1.54, 1.807) is 6.07 Å². The minimum absolute atomic E-state index is 0.0586. The Morgan fingerprint density at radius 2 is 2.11 bits per heavy atom. The molecule has 1 N–H and O–H groups in total. The number of fused-ring (bicyclic) bond motifs is 4. The molecule has 3 aliphatic rings. The minimum atomic E-state index is -0.0979. The normalized spacial score (nSPS) is 31.3. The van der Waals surface area contributed by atoms with Crippen LogP contribution in [0.5, 0.6) is 5.75 Å². The highest BCUT2D eigenvalue weighted by molar-refractivity contribution is 5.83. The lowest BCUT2D eigenvalue weighted by molar-refractivity contribution is -0.148. The Labute approximate surface area is 167 Å². The summed E-state index contributed by atoms with van der Waals surface area (Å²) in [5.41, 5.74) is 2.13. The summed E-state index contributed by atoms with van der Waals surface area (Å²) in [4.78, 5) is 17.9. The van der Waals surface area contributed by atoms with E-state index in [9.17, 15) is 9.90 Å². The SMILES string of the molecule is CC1(C)[C@H]2Cc3c(O)cccc3[C@]1(C)CCN2C(=O)C1CCCN1CCC#N. The van der Waals surface area contributed by atoms with E-state index in [1.165, 1.54) is 5.56 Å². The summed E-state index contributed by atoms with van der Waals surface area (Å²) in [6.07, 6.45) is 3.99. The van der Waals surface area contributed by atoms with Gasteiger partial charge in [0, 0.05) is 31.0 Å². The summed E-state index contributed by atoms with van der Waals surface area (Å²) in [5, 5.41) is 19.5. The molecule has 2 bridgehead atoms. The van der Waals surface area contributed by atoms with Crippen LogP contribution in [0.2, 0.25) is 0 Å². The molecule has 0 radical (unpaired) electrons. The molecule has 0 spiro atoms. The van der Waals surface area contributed by atoms with Gasteiger partial charge in [0.1, 0.15) is 5.75 Å². The second-order valence-corrected chi connectivity index (χ2v) is 9.46. The monoisotopic (exact) mass is 381 g/mol. The molecule has 28 heavy (non-hydrogen) atoms. The average Bonchev–Trinajstić information content (AvgIpc) is 3.11. The number of nitrogens with zero attached hydrogens (tertiary/aromatic N) is 3. The van der Waals surface area contributed by atoms with Crippen molar-refractivity contribution in [3.63, 3.8) is 0 Å². The van der Waals surface area contributed by atoms with E-state index < -0.39 is 0 Å². The highest BCUT2D eigenvalue weighted by Crippen LogP contribution is 2.57. The van der Waals surface area contributed by atoms with Crippen LogP contribution in [0.25, 0.3) is 0 Å². The van der Waals surface area contributed by atoms with Crippen LogP contribution in [-0.2, 0) is 16.6 Å². The highest BCUT2D eigenvalue weighted by Gasteiger charge is 2.57. The van der Waals surface area contributed by atoms with E-state index in [0.29, 0.717) is 25.1 Å². The van der Waals surface area contributed by atoms with Gasteiger partial charge < -0.3 is 10.0 Å². The molecule has 3 atom stereocenters. The van der Waals surface area contributed by atoms with Gasteiger partial charge in [-0.2, -0.15) is 5.26 Å². The van der Waals surface area contributed by atoms with Gasteiger partial charge in [-0.1, -0.05) is 32.9 Å². The van der Waals surface area contributed by atoms with Gasteiger partial charge in [0.2, 0.25) is 5.91 Å². The van der Waals surface area contributed by atoms with Gasteiger partial charge in [-0.25, -0.2) is 0 Å². The quantitative estimate of drug-likeness (QED) is 0.873. The predicted molar refractivity (Wildman–Crippen MR) is 108 cm³/mol. The van der Waals surface area contributed by atoms with Crippen LogP contribution >= 0.6 is 0 Å². The first-order valence-electron chi connectivity index (χ1n) is 10.5. The number of phenolic OH excluding ortho intramolecular Hbond substituents is 1. The molecule has 1 amide bonds. The number of aromatic hydroxyl groups is 1. The van der Waals surface area contributed by atoms with Crippen LogP contribution in [0.4, 0.5) is 0 Å². The van der Waals surface area contributed by atoms with Crippen molar-refractivity contribution in [3.05, 3.63) is 29.3 Å². The number of likely N-dealkylation sites (tertiary alicyclic amines) is 2. The van der Waals surface area contributed by atoms with Crippen LogP contribution in [0, 0.1) is 16.7 Å². The van der Waals surface area contributed by atoms with E-state index >= 15 is 0 Å². The fourth-order valence-corrected chi connectivity index (χ4v) is 5.95. The fraction of sp³-hybridized carbons (Fsp3) is 0.652. The Balaban J connectivity index is 1.66. The number of amides is 1. The standard InChI is InChI=1S/C23H31N3O2/c1-22(2)20-15-16-17(7-4-9-19(16)27)23(22,3)10-14-26(20)21(28)18-8-5-12-25(18)13-6-11-24/h4,7,9,18,20,27H,5-6,8,10,12-15H2,1-3H3/t18?,20-,23+/m1/s1. The van der Waals surface area contributed by atoms with E-state index in [2.05, 4.69) is 42.7 Å². The summed E-state index contributed by atoms with van der Waals surface area (Å²) in [7, 11) is 0. The van der Waals surface area contributed by atoms with Gasteiger partial charge in [-0.05, 0) is 54.8 Å². The van der Waals surface area contributed by atoms with E-state index in [-0.39, 0.29) is 28.8 Å². The Bertz CT molecular complexity index is 828. The lowest BCUT2D eigenvalue weighted by Crippen LogP contribution is -2.66. The molecule has 2 heterocycles. The lowest BCUT2D eigenvalue weighted by Gasteiger charge is -2.61. The predicted octanol–water partition coefficient (Wildman–Crippen LogP) is 3.21. The van der Waals surface area contributed by atoms with Crippen molar-refractivity contribution < 1.29 is 9.90 Å². The third-order valence-corrected chi connectivity index (χ3v) is 8.07. The van der Waals surface area contributed by atoms with Gasteiger partial charge in [0.15, 0.2) is 0 Å². The molecule has 1 aromatic carbocycles. The highest BCUT2D eigenvalue weighted by atomic mass is 16.3. The summed E-state index contributed by atoms with van der Waals surface area (Å²) in [5.74, 6) is 0.574. The zero-order chi connectivity index (χ0) is 20.1. The third-order valence-electron chi connectivity index (χ3n) is 8.07. The Morgan fingerprint density at radius 3 is 2.86 bits per heavy atom. The van der Waals surface area contributed by atoms with Gasteiger partial charge >= 0.3 is 0 Å². The topological polar surface area (TPSA) is 67.6 Å². The molecule has 150 valence electrons. The summed E-state index contributed by atoms with van der Waals surface area (Å²) in [6.45, 7) is 9.21. The summed E-state index contributed by atoms with van der Waals surface area (Å²) >= 11 is 0. The summed E-state index contributed by atoms with van der Waals surface area (Å²) in [6, 6.07) is 8.06. The zero-order valence-corrected chi connectivity index (χ0v) is 17.2. The number of nitriles is 1. The third kappa shape index (κ3) is 2.65. The molecule has 2 aliphatic heterocycles. The summed E-state index contributed by atoms with van der Waals surface area (Å²) < 4.78 is 0. The second-order valence-electron chi connectivity index (χ2n) is 9.46. The van der Waals surface area contributed by atoms with Gasteiger partial charge in [0.25, 0.3) is 0 Å². The number of carbonyl (C=O) groups excluding carboxylic acids is 1. The van der Waals surface area contributed by atoms with E-state index in [4.69, 9.17) is 5.26 Å². The molecular formula is C23H31N3O2. The number of rotatable bonds is 3. The second kappa shape index (κ2) is 6.77. The van der Waals surface area contributed by atoms with E-state index in [0.717, 1.165) is 37.9 Å². The molecular weight excluding hydrogens is 350 g/mol. The lowest BCUT2D eigenvalue weighted by atomic mass is 9.51. The first kappa shape index (κ1) is 19.3. The Kier molecular flexibility index (Phi) is 4.66. The first-order chi connectivity index (χ1) is 13.3. The molecule has 2 saturated heterocycles. The Morgan fingerprint density at radius 1 is 1.32 bits per heavy atom. The number of hydrogen-bond acceptors (Lipinski definition) is 4. The molecule has 4 rings (SSSR count). The maximum absolute atomic E-state index is 13.6. The van der Waals surface area contributed by atoms with Crippen molar-refractivity contribution in [2.75, 3.05) is 19.6 Å². The molecule has 5 nitrogen and oxygen atoms in total. The molecule has 1 aromatic rings. The van der Waals surface area contributed by atoms with Crippen molar-refractivity contribution in [1.29, 1.82) is 5.26 Å². The number of carbonyl (C=O) groups is 1. The smallest absolute Gasteiger partial charge is 0.240 e. The Hall–Kier alpha value is -2.06. The molecule has 5 heteroatoms. The van der Waals surface area contributed by atoms with Gasteiger partial charge in [-0.3, -0.25) is 9.69 Å². The first-order valence-corrected chi connectivity index (χ1v) is 10.5.